The normalized spacial score (nSPS) is 12.5. The molecule has 0 aliphatic heterocycles. The Labute approximate surface area is 82.3 Å². The molecule has 3 nitrogen and oxygen atoms in total. The smallest absolute Gasteiger partial charge is 0.163 e. The second-order valence-electron chi connectivity index (χ2n) is 2.83. The van der Waals surface area contributed by atoms with Gasteiger partial charge < -0.3 is 15.6 Å². The SMILES string of the molecule is CCOc1cccc(C(F)CN)c1O. The summed E-state index contributed by atoms with van der Waals surface area (Å²) in [7, 11) is 0. The molecule has 4 heteroatoms. The Kier molecular flexibility index (Phi) is 3.71. The minimum Gasteiger partial charge on any atom is -0.504 e. The van der Waals surface area contributed by atoms with Crippen LogP contribution in [0.1, 0.15) is 18.7 Å². The predicted molar refractivity (Wildman–Crippen MR) is 52.2 cm³/mol. The number of para-hydroxylation sites is 1. The lowest BCUT2D eigenvalue weighted by Crippen LogP contribution is -2.08. The van der Waals surface area contributed by atoms with E-state index in [1.807, 2.05) is 0 Å². The molecule has 0 aromatic heterocycles. The van der Waals surface area contributed by atoms with Crippen molar-refractivity contribution in [3.63, 3.8) is 0 Å². The molecular weight excluding hydrogens is 185 g/mol. The number of nitrogens with two attached hydrogens (primary N) is 1. The topological polar surface area (TPSA) is 55.5 Å². The van der Waals surface area contributed by atoms with E-state index in [0.717, 1.165) is 0 Å². The van der Waals surface area contributed by atoms with E-state index < -0.39 is 6.17 Å². The maximum Gasteiger partial charge on any atom is 0.163 e. The van der Waals surface area contributed by atoms with Crippen molar-refractivity contribution in [2.24, 2.45) is 5.73 Å². The van der Waals surface area contributed by atoms with E-state index in [4.69, 9.17) is 10.5 Å². The molecular formula is C10H14FNO2. The van der Waals surface area contributed by atoms with Crippen molar-refractivity contribution in [3.8, 4) is 11.5 Å². The van der Waals surface area contributed by atoms with Crippen molar-refractivity contribution in [3.05, 3.63) is 23.8 Å². The van der Waals surface area contributed by atoms with Crippen LogP contribution in [0.15, 0.2) is 18.2 Å². The molecule has 0 aliphatic carbocycles. The maximum atomic E-state index is 13.2. The van der Waals surface area contributed by atoms with E-state index in [1.165, 1.54) is 6.07 Å². The monoisotopic (exact) mass is 199 g/mol. The lowest BCUT2D eigenvalue weighted by atomic mass is 10.1. The van der Waals surface area contributed by atoms with Gasteiger partial charge in [0.25, 0.3) is 0 Å². The largest absolute Gasteiger partial charge is 0.504 e. The van der Waals surface area contributed by atoms with Crippen LogP contribution in [-0.2, 0) is 0 Å². The Bertz CT molecular complexity index is 304. The first-order valence-corrected chi connectivity index (χ1v) is 4.49. The summed E-state index contributed by atoms with van der Waals surface area (Å²) in [5, 5.41) is 9.60. The molecule has 0 bridgehead atoms. The molecule has 0 radical (unpaired) electrons. The fourth-order valence-corrected chi connectivity index (χ4v) is 1.19. The number of hydrogen-bond acceptors (Lipinski definition) is 3. The minimum atomic E-state index is -1.35. The van der Waals surface area contributed by atoms with Crippen LogP contribution in [0.3, 0.4) is 0 Å². The molecule has 0 heterocycles. The Hall–Kier alpha value is -1.29. The van der Waals surface area contributed by atoms with Gasteiger partial charge in [0.15, 0.2) is 11.5 Å². The Morgan fingerprint density at radius 1 is 1.57 bits per heavy atom. The van der Waals surface area contributed by atoms with Gasteiger partial charge >= 0.3 is 0 Å². The molecule has 3 N–H and O–H groups in total. The van der Waals surface area contributed by atoms with Crippen molar-refractivity contribution in [1.82, 2.24) is 0 Å². The fourth-order valence-electron chi connectivity index (χ4n) is 1.19. The van der Waals surface area contributed by atoms with Gasteiger partial charge in [0.1, 0.15) is 6.17 Å². The van der Waals surface area contributed by atoms with E-state index in [9.17, 15) is 9.50 Å². The third-order valence-electron chi connectivity index (χ3n) is 1.87. The number of phenolic OH excluding ortho intramolecular Hbond substituents is 1. The first-order chi connectivity index (χ1) is 6.70. The van der Waals surface area contributed by atoms with Crippen LogP contribution >= 0.6 is 0 Å². The lowest BCUT2D eigenvalue weighted by molar-refractivity contribution is 0.302. The van der Waals surface area contributed by atoms with Crippen LogP contribution in [0.5, 0.6) is 11.5 Å². The summed E-state index contributed by atoms with van der Waals surface area (Å²) in [6.45, 7) is 2.07. The van der Waals surface area contributed by atoms with Crippen molar-refractivity contribution < 1.29 is 14.2 Å². The number of alkyl halides is 1. The summed E-state index contributed by atoms with van der Waals surface area (Å²) >= 11 is 0. The zero-order valence-corrected chi connectivity index (χ0v) is 8.03. The number of rotatable bonds is 4. The molecule has 0 aliphatic rings. The van der Waals surface area contributed by atoms with Gasteiger partial charge in [-0.15, -0.1) is 0 Å². The summed E-state index contributed by atoms with van der Waals surface area (Å²) in [5.74, 6) is 0.133. The number of ether oxygens (including phenoxy) is 1. The quantitative estimate of drug-likeness (QED) is 0.776. The Morgan fingerprint density at radius 3 is 2.86 bits per heavy atom. The van der Waals surface area contributed by atoms with Gasteiger partial charge in [-0.05, 0) is 13.0 Å². The highest BCUT2D eigenvalue weighted by atomic mass is 19.1. The minimum absolute atomic E-state index is 0.150. The van der Waals surface area contributed by atoms with Gasteiger partial charge in [-0.3, -0.25) is 0 Å². The van der Waals surface area contributed by atoms with E-state index in [0.29, 0.717) is 12.4 Å². The van der Waals surface area contributed by atoms with Gasteiger partial charge in [-0.2, -0.15) is 0 Å². The molecule has 1 atom stereocenters. The van der Waals surface area contributed by atoms with E-state index in [2.05, 4.69) is 0 Å². The second-order valence-corrected chi connectivity index (χ2v) is 2.83. The molecule has 0 amide bonds. The molecule has 0 fully saturated rings. The summed E-state index contributed by atoms with van der Waals surface area (Å²) in [6, 6.07) is 4.71. The highest BCUT2D eigenvalue weighted by Crippen LogP contribution is 2.34. The van der Waals surface area contributed by atoms with Crippen molar-refractivity contribution in [2.45, 2.75) is 13.1 Å². The van der Waals surface area contributed by atoms with Crippen LogP contribution in [0.2, 0.25) is 0 Å². The van der Waals surface area contributed by atoms with E-state index in [1.54, 1.807) is 19.1 Å². The van der Waals surface area contributed by atoms with Gasteiger partial charge in [-0.1, -0.05) is 12.1 Å². The standard InChI is InChI=1S/C10H14FNO2/c1-2-14-9-5-3-4-7(10(9)13)8(11)6-12/h3-5,8,13H,2,6,12H2,1H3. The molecule has 0 saturated carbocycles. The van der Waals surface area contributed by atoms with Crippen LogP contribution in [0.4, 0.5) is 4.39 Å². The first-order valence-electron chi connectivity index (χ1n) is 4.49. The molecule has 1 aromatic carbocycles. The number of aromatic hydroxyl groups is 1. The highest BCUT2D eigenvalue weighted by molar-refractivity contribution is 5.46. The third kappa shape index (κ3) is 2.14. The molecule has 78 valence electrons. The van der Waals surface area contributed by atoms with Gasteiger partial charge in [0, 0.05) is 12.1 Å². The van der Waals surface area contributed by atoms with Gasteiger partial charge in [0.2, 0.25) is 0 Å². The van der Waals surface area contributed by atoms with Crippen molar-refractivity contribution in [2.75, 3.05) is 13.2 Å². The summed E-state index contributed by atoms with van der Waals surface area (Å²) in [5.41, 5.74) is 5.35. The average molecular weight is 199 g/mol. The van der Waals surface area contributed by atoms with E-state index in [-0.39, 0.29) is 17.9 Å². The molecule has 0 spiro atoms. The molecule has 0 saturated heterocycles. The van der Waals surface area contributed by atoms with Gasteiger partial charge in [-0.25, -0.2) is 4.39 Å². The number of benzene rings is 1. The summed E-state index contributed by atoms with van der Waals surface area (Å²) in [6.07, 6.45) is -1.35. The lowest BCUT2D eigenvalue weighted by Gasteiger charge is -2.11. The number of hydrogen-bond donors (Lipinski definition) is 2. The number of halogens is 1. The summed E-state index contributed by atoms with van der Waals surface area (Å²) < 4.78 is 18.3. The van der Waals surface area contributed by atoms with Crippen LogP contribution in [-0.4, -0.2) is 18.3 Å². The molecule has 1 rings (SSSR count). The van der Waals surface area contributed by atoms with Gasteiger partial charge in [0.05, 0.1) is 6.61 Å². The van der Waals surface area contributed by atoms with Crippen molar-refractivity contribution >= 4 is 0 Å². The molecule has 1 aromatic rings. The molecule has 14 heavy (non-hydrogen) atoms. The van der Waals surface area contributed by atoms with Crippen LogP contribution < -0.4 is 10.5 Å². The average Bonchev–Trinajstić information content (AvgIpc) is 2.20. The van der Waals surface area contributed by atoms with Crippen LogP contribution in [0, 0.1) is 0 Å². The predicted octanol–water partition coefficient (Wildman–Crippen LogP) is 1.76. The second kappa shape index (κ2) is 4.81. The summed E-state index contributed by atoms with van der Waals surface area (Å²) in [4.78, 5) is 0. The Morgan fingerprint density at radius 2 is 2.29 bits per heavy atom. The van der Waals surface area contributed by atoms with Crippen molar-refractivity contribution in [1.29, 1.82) is 0 Å². The number of phenols is 1. The zero-order chi connectivity index (χ0) is 10.6. The Balaban J connectivity index is 3.00. The fraction of sp³-hybridized carbons (Fsp3) is 0.400. The van der Waals surface area contributed by atoms with Crippen LogP contribution in [0.25, 0.3) is 0 Å². The third-order valence-corrected chi connectivity index (χ3v) is 1.87. The molecule has 1 unspecified atom stereocenters. The maximum absolute atomic E-state index is 13.2. The van der Waals surface area contributed by atoms with E-state index >= 15 is 0 Å². The first kappa shape index (κ1) is 10.8. The zero-order valence-electron chi connectivity index (χ0n) is 8.03. The highest BCUT2D eigenvalue weighted by Gasteiger charge is 2.15.